The zero-order valence-electron chi connectivity index (χ0n) is 6.68. The van der Waals surface area contributed by atoms with Crippen LogP contribution in [0.4, 0.5) is 11.4 Å². The Morgan fingerprint density at radius 2 is 2.00 bits per heavy atom. The fourth-order valence-electron chi connectivity index (χ4n) is 0.904. The van der Waals surface area contributed by atoms with E-state index in [-0.39, 0.29) is 0 Å². The van der Waals surface area contributed by atoms with Crippen molar-refractivity contribution in [1.29, 1.82) is 0 Å². The van der Waals surface area contributed by atoms with Gasteiger partial charge in [0.2, 0.25) is 0 Å². The van der Waals surface area contributed by atoms with Gasteiger partial charge < -0.3 is 5.73 Å². The summed E-state index contributed by atoms with van der Waals surface area (Å²) in [4.78, 5) is 9.16. The van der Waals surface area contributed by atoms with Gasteiger partial charge in [-0.1, -0.05) is 6.07 Å². The van der Waals surface area contributed by atoms with E-state index in [0.29, 0.717) is 0 Å². The molecule has 0 radical (unpaired) electrons. The number of benzene rings is 1. The van der Waals surface area contributed by atoms with Crippen molar-refractivity contribution in [1.82, 2.24) is 0 Å². The summed E-state index contributed by atoms with van der Waals surface area (Å²) < 4.78 is 21.8. The third-order valence-electron chi connectivity index (χ3n) is 1.50. The first-order valence-electron chi connectivity index (χ1n) is 3.31. The molecule has 0 aromatic heterocycles. The largest absolute Gasteiger partial charge is 0.392 e. The van der Waals surface area contributed by atoms with Crippen molar-refractivity contribution in [3.8, 4) is 0 Å². The number of hydrogen-bond donors (Lipinski definition) is 1. The second-order valence-corrected chi connectivity index (χ2v) is 4.92. The fraction of sp³-hybridized carbons (Fsp3) is 0. The second kappa shape index (κ2) is 3.43. The van der Waals surface area contributed by atoms with E-state index in [9.17, 15) is 18.5 Å². The molecule has 14 heavy (non-hydrogen) atoms. The van der Waals surface area contributed by atoms with Gasteiger partial charge in [0.05, 0.1) is 4.92 Å². The average molecular weight is 237 g/mol. The molecule has 0 aliphatic carbocycles. The van der Waals surface area contributed by atoms with Crippen LogP contribution in [0, 0.1) is 10.1 Å². The molecule has 1 aromatic carbocycles. The molecule has 0 aliphatic rings. The number of hydrogen-bond acceptors (Lipinski definition) is 5. The number of para-hydroxylation sites is 1. The molecule has 1 aromatic rings. The lowest BCUT2D eigenvalue weighted by atomic mass is 10.3. The van der Waals surface area contributed by atoms with Crippen LogP contribution in [0.15, 0.2) is 23.1 Å². The topological polar surface area (TPSA) is 103 Å². The number of nitrogen functional groups attached to an aromatic ring is 1. The molecule has 0 aliphatic heterocycles. The van der Waals surface area contributed by atoms with Gasteiger partial charge in [-0.2, -0.15) is 0 Å². The minimum atomic E-state index is -4.05. The summed E-state index contributed by atoms with van der Waals surface area (Å²) in [6.45, 7) is 0. The van der Waals surface area contributed by atoms with Crippen molar-refractivity contribution in [3.05, 3.63) is 28.3 Å². The Morgan fingerprint density at radius 1 is 1.43 bits per heavy atom. The summed E-state index contributed by atoms with van der Waals surface area (Å²) >= 11 is 0. The van der Waals surface area contributed by atoms with Crippen molar-refractivity contribution >= 4 is 31.1 Å². The number of nitro groups is 1. The molecule has 1 rings (SSSR count). The molecular formula is C6H5ClN2O4S. The molecule has 2 N–H and O–H groups in total. The predicted molar refractivity (Wildman–Crippen MR) is 50.5 cm³/mol. The van der Waals surface area contributed by atoms with Crippen LogP contribution in [0.3, 0.4) is 0 Å². The van der Waals surface area contributed by atoms with Crippen LogP contribution in [-0.2, 0) is 9.05 Å². The van der Waals surface area contributed by atoms with Gasteiger partial charge in [-0.3, -0.25) is 10.1 Å². The van der Waals surface area contributed by atoms with E-state index < -0.39 is 30.2 Å². The van der Waals surface area contributed by atoms with E-state index in [1.165, 1.54) is 6.07 Å². The van der Waals surface area contributed by atoms with Crippen LogP contribution in [-0.4, -0.2) is 13.3 Å². The zero-order chi connectivity index (χ0) is 10.9. The van der Waals surface area contributed by atoms with Crippen LogP contribution in [0.25, 0.3) is 0 Å². The van der Waals surface area contributed by atoms with E-state index in [2.05, 4.69) is 0 Å². The number of nitro benzene ring substituents is 1. The van der Waals surface area contributed by atoms with Crippen molar-refractivity contribution in [3.63, 3.8) is 0 Å². The Morgan fingerprint density at radius 3 is 2.43 bits per heavy atom. The highest BCUT2D eigenvalue weighted by atomic mass is 35.7. The number of rotatable bonds is 2. The van der Waals surface area contributed by atoms with Gasteiger partial charge in [0.1, 0.15) is 10.6 Å². The molecule has 0 bridgehead atoms. The lowest BCUT2D eigenvalue weighted by molar-refractivity contribution is -0.384. The van der Waals surface area contributed by atoms with E-state index >= 15 is 0 Å². The highest BCUT2D eigenvalue weighted by Crippen LogP contribution is 2.30. The third-order valence-corrected chi connectivity index (χ3v) is 2.88. The van der Waals surface area contributed by atoms with Gasteiger partial charge in [0, 0.05) is 16.7 Å². The number of halogens is 1. The molecule has 0 atom stereocenters. The van der Waals surface area contributed by atoms with Gasteiger partial charge in [0.15, 0.2) is 0 Å². The molecular weight excluding hydrogens is 232 g/mol. The van der Waals surface area contributed by atoms with Gasteiger partial charge >= 0.3 is 0 Å². The van der Waals surface area contributed by atoms with Crippen LogP contribution in [0.5, 0.6) is 0 Å². The molecule has 0 heterocycles. The maximum atomic E-state index is 10.9. The lowest BCUT2D eigenvalue weighted by Gasteiger charge is -2.01. The maximum absolute atomic E-state index is 10.9. The van der Waals surface area contributed by atoms with Crippen molar-refractivity contribution in [2.24, 2.45) is 0 Å². The molecule has 76 valence electrons. The summed E-state index contributed by atoms with van der Waals surface area (Å²) in [5.74, 6) is 0. The van der Waals surface area contributed by atoms with E-state index in [1.54, 1.807) is 0 Å². The third kappa shape index (κ3) is 1.94. The minimum absolute atomic E-state index is 0.451. The standard InChI is InChI=1S/C6H5ClN2O4S/c7-14(12,13)5-3-1-2-4(6(5)8)9(10)11/h1-3H,8H2. The van der Waals surface area contributed by atoms with Crippen LogP contribution in [0.2, 0.25) is 0 Å². The summed E-state index contributed by atoms with van der Waals surface area (Å²) in [5.41, 5.74) is 4.33. The van der Waals surface area contributed by atoms with Crippen molar-refractivity contribution in [2.75, 3.05) is 5.73 Å². The molecule has 6 nitrogen and oxygen atoms in total. The first-order chi connectivity index (χ1) is 6.34. The van der Waals surface area contributed by atoms with Gasteiger partial charge in [-0.05, 0) is 6.07 Å². The Bertz CT molecular complexity index is 485. The van der Waals surface area contributed by atoms with Crippen LogP contribution >= 0.6 is 10.7 Å². The Kier molecular flexibility index (Phi) is 2.63. The van der Waals surface area contributed by atoms with Gasteiger partial charge in [0.25, 0.3) is 14.7 Å². The number of nitrogens with zero attached hydrogens (tertiary/aromatic N) is 1. The SMILES string of the molecule is Nc1c([N+](=O)[O-])cccc1S(=O)(=O)Cl. The summed E-state index contributed by atoms with van der Waals surface area (Å²) in [7, 11) is 0.963. The summed E-state index contributed by atoms with van der Waals surface area (Å²) in [6.07, 6.45) is 0. The molecule has 0 amide bonds. The zero-order valence-corrected chi connectivity index (χ0v) is 8.25. The monoisotopic (exact) mass is 236 g/mol. The molecule has 8 heteroatoms. The Balaban J connectivity index is 3.51. The first kappa shape index (κ1) is 10.7. The molecule has 0 saturated heterocycles. The van der Waals surface area contributed by atoms with Crippen molar-refractivity contribution in [2.45, 2.75) is 4.90 Å². The van der Waals surface area contributed by atoms with E-state index in [1.807, 2.05) is 0 Å². The molecule has 0 unspecified atom stereocenters. The summed E-state index contributed by atoms with van der Waals surface area (Å²) in [6, 6.07) is 3.40. The molecule has 0 saturated carbocycles. The number of nitrogens with two attached hydrogens (primary N) is 1. The second-order valence-electron chi connectivity index (χ2n) is 2.38. The molecule has 0 fully saturated rings. The Labute approximate surface area is 83.9 Å². The normalized spacial score (nSPS) is 11.2. The van der Waals surface area contributed by atoms with Crippen LogP contribution in [0.1, 0.15) is 0 Å². The van der Waals surface area contributed by atoms with Gasteiger partial charge in [-0.15, -0.1) is 0 Å². The van der Waals surface area contributed by atoms with Gasteiger partial charge in [-0.25, -0.2) is 8.42 Å². The summed E-state index contributed by atoms with van der Waals surface area (Å²) in [5, 5.41) is 10.4. The quantitative estimate of drug-likeness (QED) is 0.358. The Hall–Kier alpha value is -1.34. The first-order valence-corrected chi connectivity index (χ1v) is 5.62. The minimum Gasteiger partial charge on any atom is -0.392 e. The fourth-order valence-corrected chi connectivity index (χ4v) is 1.92. The number of anilines is 1. The van der Waals surface area contributed by atoms with Crippen molar-refractivity contribution < 1.29 is 13.3 Å². The van der Waals surface area contributed by atoms with Crippen LogP contribution < -0.4 is 5.73 Å². The smallest absolute Gasteiger partial charge is 0.293 e. The maximum Gasteiger partial charge on any atom is 0.293 e. The highest BCUT2D eigenvalue weighted by molar-refractivity contribution is 8.13. The highest BCUT2D eigenvalue weighted by Gasteiger charge is 2.21. The van der Waals surface area contributed by atoms with E-state index in [0.717, 1.165) is 12.1 Å². The molecule has 0 spiro atoms. The van der Waals surface area contributed by atoms with E-state index in [4.69, 9.17) is 16.4 Å². The average Bonchev–Trinajstić information content (AvgIpc) is 2.01. The predicted octanol–water partition coefficient (Wildman–Crippen LogP) is 1.10. The lowest BCUT2D eigenvalue weighted by Crippen LogP contribution is -2.02.